The molecule has 0 amide bonds. The number of aromatic amines is 1. The highest BCUT2D eigenvalue weighted by atomic mass is 19.4. The standard InChI is InChI=1S/C19H15F5N6O/c1-8-7-28-16-14(8)12(2-3-27-16)31-15-10(20)4-9(5-11(15)21)18(26)6-13(19(22,23)24)29-17(25)30-18/h2-7H,26H2,1H3,(H,27,28)(H3,25,29,30). The van der Waals surface area contributed by atoms with Crippen molar-refractivity contribution in [2.75, 3.05) is 0 Å². The Morgan fingerprint density at radius 2 is 1.84 bits per heavy atom. The van der Waals surface area contributed by atoms with Crippen LogP contribution >= 0.6 is 0 Å². The molecular formula is C19H15F5N6O. The Labute approximate surface area is 171 Å². The number of ether oxygens (including phenoxy) is 1. The summed E-state index contributed by atoms with van der Waals surface area (Å²) in [6, 6.07) is 2.91. The first kappa shape index (κ1) is 20.6. The first-order valence-corrected chi connectivity index (χ1v) is 8.79. The van der Waals surface area contributed by atoms with Crippen molar-refractivity contribution in [3.63, 3.8) is 0 Å². The molecule has 7 nitrogen and oxygen atoms in total. The number of aromatic nitrogens is 2. The Morgan fingerprint density at radius 1 is 1.16 bits per heavy atom. The molecular weight excluding hydrogens is 423 g/mol. The van der Waals surface area contributed by atoms with Gasteiger partial charge in [-0.15, -0.1) is 0 Å². The molecule has 0 spiro atoms. The van der Waals surface area contributed by atoms with Crippen molar-refractivity contribution in [3.8, 4) is 11.5 Å². The highest BCUT2D eigenvalue weighted by Gasteiger charge is 2.41. The van der Waals surface area contributed by atoms with Crippen molar-refractivity contribution in [1.29, 1.82) is 0 Å². The van der Waals surface area contributed by atoms with Crippen LogP contribution in [-0.4, -0.2) is 22.1 Å². The Hall–Kier alpha value is -3.67. The van der Waals surface area contributed by atoms with Gasteiger partial charge in [-0.2, -0.15) is 13.2 Å². The van der Waals surface area contributed by atoms with Crippen molar-refractivity contribution < 1.29 is 26.7 Å². The largest absolute Gasteiger partial charge is 0.450 e. The van der Waals surface area contributed by atoms with Gasteiger partial charge in [-0.05, 0) is 36.8 Å². The van der Waals surface area contributed by atoms with Crippen LogP contribution in [0, 0.1) is 18.6 Å². The fourth-order valence-electron chi connectivity index (χ4n) is 3.22. The topological polar surface area (TPSA) is 114 Å². The number of benzene rings is 1. The van der Waals surface area contributed by atoms with E-state index in [9.17, 15) is 22.0 Å². The van der Waals surface area contributed by atoms with Gasteiger partial charge in [-0.3, -0.25) is 5.73 Å². The molecule has 2 aromatic heterocycles. The molecule has 1 aliphatic heterocycles. The number of nitrogens with one attached hydrogen (secondary N) is 2. The minimum atomic E-state index is -4.83. The van der Waals surface area contributed by atoms with Crippen LogP contribution in [0.2, 0.25) is 0 Å². The first-order chi connectivity index (χ1) is 14.5. The number of hydrogen-bond donors (Lipinski definition) is 4. The number of nitrogens with two attached hydrogens (primary N) is 2. The van der Waals surface area contributed by atoms with Crippen molar-refractivity contribution in [2.24, 2.45) is 16.5 Å². The second-order valence-electron chi connectivity index (χ2n) is 6.88. The van der Waals surface area contributed by atoms with Gasteiger partial charge in [0.2, 0.25) is 0 Å². The van der Waals surface area contributed by atoms with Crippen LogP contribution in [0.3, 0.4) is 0 Å². The van der Waals surface area contributed by atoms with Gasteiger partial charge in [0.05, 0.1) is 5.39 Å². The maximum atomic E-state index is 14.8. The van der Waals surface area contributed by atoms with E-state index in [0.29, 0.717) is 17.1 Å². The molecule has 12 heteroatoms. The molecule has 6 N–H and O–H groups in total. The Kier molecular flexibility index (Phi) is 4.61. The van der Waals surface area contributed by atoms with E-state index in [1.54, 1.807) is 13.1 Å². The van der Waals surface area contributed by atoms with Gasteiger partial charge in [0.25, 0.3) is 0 Å². The summed E-state index contributed by atoms with van der Waals surface area (Å²) in [5.74, 6) is -3.65. The lowest BCUT2D eigenvalue weighted by Gasteiger charge is -2.29. The summed E-state index contributed by atoms with van der Waals surface area (Å²) in [4.78, 5) is 10.7. The number of aliphatic imine (C=N–C) groups is 1. The predicted octanol–water partition coefficient (Wildman–Crippen LogP) is 3.42. The zero-order valence-corrected chi connectivity index (χ0v) is 15.8. The molecule has 162 valence electrons. The minimum Gasteiger partial charge on any atom is -0.450 e. The average molecular weight is 438 g/mol. The van der Waals surface area contributed by atoms with Gasteiger partial charge in [0.1, 0.15) is 17.1 Å². The molecule has 1 aliphatic rings. The van der Waals surface area contributed by atoms with Crippen molar-refractivity contribution in [1.82, 2.24) is 15.3 Å². The molecule has 3 heterocycles. The van der Waals surface area contributed by atoms with E-state index < -0.39 is 46.4 Å². The second kappa shape index (κ2) is 6.94. The fraction of sp³-hybridized carbons (Fsp3) is 0.158. The molecule has 1 aromatic carbocycles. The van der Waals surface area contributed by atoms with Crippen molar-refractivity contribution >= 4 is 17.0 Å². The molecule has 0 radical (unpaired) electrons. The van der Waals surface area contributed by atoms with Crippen LogP contribution in [0.4, 0.5) is 22.0 Å². The van der Waals surface area contributed by atoms with Crippen LogP contribution in [0.15, 0.2) is 47.4 Å². The third-order valence-corrected chi connectivity index (χ3v) is 4.64. The van der Waals surface area contributed by atoms with Gasteiger partial charge in [0, 0.05) is 18.0 Å². The summed E-state index contributed by atoms with van der Waals surface area (Å²) in [5.41, 5.74) is 8.56. The van der Waals surface area contributed by atoms with E-state index in [4.69, 9.17) is 16.2 Å². The monoisotopic (exact) mass is 438 g/mol. The average Bonchev–Trinajstić information content (AvgIpc) is 3.05. The van der Waals surface area contributed by atoms with Crippen LogP contribution in [-0.2, 0) is 5.66 Å². The highest BCUT2D eigenvalue weighted by Crippen LogP contribution is 2.37. The first-order valence-electron chi connectivity index (χ1n) is 8.79. The molecule has 0 saturated heterocycles. The number of aryl methyl sites for hydroxylation is 1. The lowest BCUT2D eigenvalue weighted by molar-refractivity contribution is -0.0959. The van der Waals surface area contributed by atoms with Gasteiger partial charge < -0.3 is 20.8 Å². The van der Waals surface area contributed by atoms with Gasteiger partial charge in [-0.1, -0.05) is 0 Å². The highest BCUT2D eigenvalue weighted by molar-refractivity contribution is 5.86. The minimum absolute atomic E-state index is 0.139. The summed E-state index contributed by atoms with van der Waals surface area (Å²) in [7, 11) is 0. The van der Waals surface area contributed by atoms with Crippen LogP contribution < -0.4 is 21.5 Å². The second-order valence-corrected chi connectivity index (χ2v) is 6.88. The molecule has 0 saturated carbocycles. The van der Waals surface area contributed by atoms with Crippen LogP contribution in [0.5, 0.6) is 11.5 Å². The molecule has 3 aromatic rings. The number of alkyl halides is 3. The van der Waals surface area contributed by atoms with Gasteiger partial charge in [-0.25, -0.2) is 18.8 Å². The summed E-state index contributed by atoms with van der Waals surface area (Å²) >= 11 is 0. The summed E-state index contributed by atoms with van der Waals surface area (Å²) in [6.45, 7) is 1.76. The number of nitrogens with zero attached hydrogens (tertiary/aromatic N) is 2. The molecule has 1 atom stereocenters. The van der Waals surface area contributed by atoms with E-state index in [1.807, 2.05) is 5.32 Å². The molecule has 4 rings (SSSR count). The number of pyridine rings is 1. The third kappa shape index (κ3) is 3.65. The molecule has 0 fully saturated rings. The van der Waals surface area contributed by atoms with Crippen LogP contribution in [0.25, 0.3) is 11.0 Å². The SMILES string of the molecule is Cc1c[nH]c2nccc(Oc3c(F)cc(C4(N)C=C(C(F)(F)F)NC(N)=N4)cc3F)c12. The number of hydrogen-bond acceptors (Lipinski definition) is 6. The Morgan fingerprint density at radius 3 is 2.48 bits per heavy atom. The fourth-order valence-corrected chi connectivity index (χ4v) is 3.22. The van der Waals surface area contributed by atoms with Gasteiger partial charge >= 0.3 is 6.18 Å². The smallest absolute Gasteiger partial charge is 0.431 e. The number of H-pyrrole nitrogens is 1. The number of rotatable bonds is 3. The molecule has 31 heavy (non-hydrogen) atoms. The molecule has 1 unspecified atom stereocenters. The zero-order chi connectivity index (χ0) is 22.6. The number of guanidine groups is 1. The number of fused-ring (bicyclic) bond motifs is 1. The third-order valence-electron chi connectivity index (χ3n) is 4.64. The Bertz CT molecular complexity index is 1230. The maximum absolute atomic E-state index is 14.8. The van der Waals surface area contributed by atoms with E-state index in [2.05, 4.69) is 15.0 Å². The Balaban J connectivity index is 1.76. The zero-order valence-electron chi connectivity index (χ0n) is 15.8. The summed E-state index contributed by atoms with van der Waals surface area (Å²) in [6.07, 6.45) is -1.29. The van der Waals surface area contributed by atoms with E-state index in [0.717, 1.165) is 17.7 Å². The van der Waals surface area contributed by atoms with Crippen molar-refractivity contribution in [2.45, 2.75) is 18.8 Å². The maximum Gasteiger partial charge on any atom is 0.431 e. The summed E-state index contributed by atoms with van der Waals surface area (Å²) in [5, 5.41) is 2.36. The lowest BCUT2D eigenvalue weighted by atomic mass is 9.97. The molecule has 0 aliphatic carbocycles. The van der Waals surface area contributed by atoms with Crippen molar-refractivity contribution in [3.05, 3.63) is 65.1 Å². The van der Waals surface area contributed by atoms with Gasteiger partial charge in [0.15, 0.2) is 29.0 Å². The molecule has 0 bridgehead atoms. The number of halogens is 5. The van der Waals surface area contributed by atoms with E-state index in [-0.39, 0.29) is 5.75 Å². The number of allylic oxidation sites excluding steroid dienone is 1. The summed E-state index contributed by atoms with van der Waals surface area (Å²) < 4.78 is 74.3. The normalized spacial score (nSPS) is 19.1. The quantitative estimate of drug-likeness (QED) is 0.468. The van der Waals surface area contributed by atoms with E-state index in [1.165, 1.54) is 12.3 Å². The van der Waals surface area contributed by atoms with E-state index >= 15 is 0 Å². The predicted molar refractivity (Wildman–Crippen MR) is 102 cm³/mol. The lowest BCUT2D eigenvalue weighted by Crippen LogP contribution is -2.47. The van der Waals surface area contributed by atoms with Crippen LogP contribution in [0.1, 0.15) is 11.1 Å².